The van der Waals surface area contributed by atoms with E-state index in [1.807, 2.05) is 0 Å². The molecule has 168 valence electrons. The molecule has 0 saturated carbocycles. The van der Waals surface area contributed by atoms with Crippen LogP contribution >= 0.6 is 0 Å². The van der Waals surface area contributed by atoms with Gasteiger partial charge in [-0.25, -0.2) is 0 Å². The van der Waals surface area contributed by atoms with Crippen molar-refractivity contribution in [3.63, 3.8) is 0 Å². The summed E-state index contributed by atoms with van der Waals surface area (Å²) in [4.78, 5) is 0. The highest BCUT2D eigenvalue weighted by Crippen LogP contribution is 2.40. The predicted molar refractivity (Wildman–Crippen MR) is 118 cm³/mol. The van der Waals surface area contributed by atoms with Gasteiger partial charge in [0.05, 0.1) is 31.8 Å². The Hall–Kier alpha value is -1.14. The summed E-state index contributed by atoms with van der Waals surface area (Å²) in [5.41, 5.74) is 3.20. The van der Waals surface area contributed by atoms with Crippen molar-refractivity contribution >= 4 is 0 Å². The third kappa shape index (κ3) is 7.56. The van der Waals surface area contributed by atoms with Crippen LogP contribution in [0.4, 0.5) is 0 Å². The van der Waals surface area contributed by atoms with E-state index in [0.29, 0.717) is 26.4 Å². The fourth-order valence-corrected chi connectivity index (χ4v) is 3.57. The van der Waals surface area contributed by atoms with Crippen molar-refractivity contribution < 1.29 is 23.7 Å². The molecular weight excluding hydrogens is 368 g/mol. The fraction of sp³-hybridized carbons (Fsp3) is 0.750. The Bertz CT molecular complexity index is 573. The third-order valence-electron chi connectivity index (χ3n) is 4.90. The number of benzene rings is 1. The zero-order chi connectivity index (χ0) is 22.3. The molecule has 0 atom stereocenters. The average molecular weight is 411 g/mol. The minimum atomic E-state index is -0.366. The lowest BCUT2D eigenvalue weighted by atomic mass is 9.78. The topological polar surface area (TPSA) is 46.2 Å². The molecule has 0 saturated heterocycles. The summed E-state index contributed by atoms with van der Waals surface area (Å²) >= 11 is 0. The molecule has 0 radical (unpaired) electrons. The van der Waals surface area contributed by atoms with E-state index in [1.165, 1.54) is 16.7 Å². The van der Waals surface area contributed by atoms with Crippen LogP contribution < -0.4 is 4.74 Å². The van der Waals surface area contributed by atoms with Crippen molar-refractivity contribution in [2.75, 3.05) is 54.5 Å². The average Bonchev–Trinajstić information content (AvgIpc) is 2.58. The maximum absolute atomic E-state index is 6.26. The van der Waals surface area contributed by atoms with Crippen molar-refractivity contribution in [1.29, 1.82) is 0 Å². The normalized spacial score (nSPS) is 13.0. The number of aryl methyl sites for hydroxylation is 1. The standard InChI is InChI=1S/C24H42O5/c1-18-11-19(22(2,3)4)21(20(12-18)23(5,6)7)29-17-28-16-24(13-25-8,14-26-9)15-27-10/h11-12H,13-17H2,1-10H3. The van der Waals surface area contributed by atoms with Crippen molar-refractivity contribution in [3.8, 4) is 5.75 Å². The van der Waals surface area contributed by atoms with E-state index in [-0.39, 0.29) is 23.0 Å². The van der Waals surface area contributed by atoms with Gasteiger partial charge < -0.3 is 23.7 Å². The van der Waals surface area contributed by atoms with E-state index in [4.69, 9.17) is 23.7 Å². The van der Waals surface area contributed by atoms with E-state index in [9.17, 15) is 0 Å². The molecule has 5 heteroatoms. The van der Waals surface area contributed by atoms with Crippen LogP contribution in [0.5, 0.6) is 5.75 Å². The molecule has 0 aliphatic heterocycles. The number of ether oxygens (including phenoxy) is 5. The summed E-state index contributed by atoms with van der Waals surface area (Å²) in [6.07, 6.45) is 0. The van der Waals surface area contributed by atoms with E-state index < -0.39 is 0 Å². The maximum atomic E-state index is 6.26. The van der Waals surface area contributed by atoms with Gasteiger partial charge in [-0.15, -0.1) is 0 Å². The van der Waals surface area contributed by atoms with Crippen molar-refractivity contribution in [2.45, 2.75) is 59.3 Å². The molecule has 0 spiro atoms. The van der Waals surface area contributed by atoms with Crippen LogP contribution in [-0.2, 0) is 29.8 Å². The van der Waals surface area contributed by atoms with Crippen LogP contribution in [0.15, 0.2) is 12.1 Å². The zero-order valence-electron chi connectivity index (χ0n) is 20.2. The predicted octanol–water partition coefficient (Wildman–Crippen LogP) is 4.87. The number of methoxy groups -OCH3 is 3. The molecule has 1 aromatic carbocycles. The summed E-state index contributed by atoms with van der Waals surface area (Å²) in [6, 6.07) is 4.44. The first-order valence-electron chi connectivity index (χ1n) is 10.2. The van der Waals surface area contributed by atoms with Crippen LogP contribution in [0.2, 0.25) is 0 Å². The summed E-state index contributed by atoms with van der Waals surface area (Å²) in [5.74, 6) is 0.923. The lowest BCUT2D eigenvalue weighted by Gasteiger charge is -2.32. The Labute approximate surface area is 178 Å². The van der Waals surface area contributed by atoms with Crippen LogP contribution in [-0.4, -0.2) is 54.5 Å². The molecule has 0 aliphatic carbocycles. The minimum Gasteiger partial charge on any atom is -0.467 e. The Kier molecular flexibility index (Phi) is 9.61. The Morgan fingerprint density at radius 1 is 0.690 bits per heavy atom. The smallest absolute Gasteiger partial charge is 0.189 e. The van der Waals surface area contributed by atoms with E-state index in [0.717, 1.165) is 5.75 Å². The monoisotopic (exact) mass is 410 g/mol. The van der Waals surface area contributed by atoms with Crippen molar-refractivity contribution in [1.82, 2.24) is 0 Å². The highest BCUT2D eigenvalue weighted by atomic mass is 16.7. The number of hydrogen-bond donors (Lipinski definition) is 0. The van der Waals surface area contributed by atoms with E-state index >= 15 is 0 Å². The number of hydrogen-bond acceptors (Lipinski definition) is 5. The lowest BCUT2D eigenvalue weighted by molar-refractivity contribution is -0.106. The van der Waals surface area contributed by atoms with Crippen LogP contribution in [0.1, 0.15) is 58.2 Å². The first-order valence-corrected chi connectivity index (χ1v) is 10.2. The van der Waals surface area contributed by atoms with Gasteiger partial charge in [0.1, 0.15) is 5.75 Å². The summed E-state index contributed by atoms with van der Waals surface area (Å²) in [6.45, 7) is 17.4. The second-order valence-corrected chi connectivity index (χ2v) is 10.1. The highest BCUT2D eigenvalue weighted by molar-refractivity contribution is 5.50. The SMILES string of the molecule is COCC(COC)(COC)COCOc1c(C(C)(C)C)cc(C)cc1C(C)(C)C. The van der Waals surface area contributed by atoms with Crippen molar-refractivity contribution in [3.05, 3.63) is 28.8 Å². The second-order valence-electron chi connectivity index (χ2n) is 10.1. The van der Waals surface area contributed by atoms with Crippen LogP contribution in [0, 0.1) is 12.3 Å². The summed E-state index contributed by atoms with van der Waals surface area (Å²) < 4.78 is 28.4. The summed E-state index contributed by atoms with van der Waals surface area (Å²) in [5, 5.41) is 0. The highest BCUT2D eigenvalue weighted by Gasteiger charge is 2.32. The number of rotatable bonds is 11. The molecule has 0 bridgehead atoms. The van der Waals surface area contributed by atoms with Crippen molar-refractivity contribution in [2.24, 2.45) is 5.41 Å². The Morgan fingerprint density at radius 2 is 1.10 bits per heavy atom. The van der Waals surface area contributed by atoms with Gasteiger partial charge in [0.15, 0.2) is 6.79 Å². The van der Waals surface area contributed by atoms with Gasteiger partial charge in [-0.3, -0.25) is 0 Å². The fourth-order valence-electron chi connectivity index (χ4n) is 3.57. The second kappa shape index (κ2) is 10.8. The van der Waals surface area contributed by atoms with Crippen LogP contribution in [0.3, 0.4) is 0 Å². The first-order chi connectivity index (χ1) is 13.4. The molecule has 0 unspecified atom stereocenters. The van der Waals surface area contributed by atoms with Gasteiger partial charge in [0.2, 0.25) is 0 Å². The van der Waals surface area contributed by atoms with E-state index in [2.05, 4.69) is 60.6 Å². The maximum Gasteiger partial charge on any atom is 0.189 e. The van der Waals surface area contributed by atoms with Gasteiger partial charge in [-0.05, 0) is 17.8 Å². The molecule has 0 fully saturated rings. The van der Waals surface area contributed by atoms with Gasteiger partial charge in [0.25, 0.3) is 0 Å². The minimum absolute atomic E-state index is 0.0345. The molecule has 0 heterocycles. The molecule has 5 nitrogen and oxygen atoms in total. The molecule has 1 rings (SSSR count). The van der Waals surface area contributed by atoms with Gasteiger partial charge in [-0.1, -0.05) is 59.2 Å². The van der Waals surface area contributed by atoms with Gasteiger partial charge in [-0.2, -0.15) is 0 Å². The molecule has 0 amide bonds. The molecule has 29 heavy (non-hydrogen) atoms. The third-order valence-corrected chi connectivity index (χ3v) is 4.90. The lowest BCUT2D eigenvalue weighted by Crippen LogP contribution is -2.41. The Morgan fingerprint density at radius 3 is 1.45 bits per heavy atom. The van der Waals surface area contributed by atoms with Crippen LogP contribution in [0.25, 0.3) is 0 Å². The zero-order valence-corrected chi connectivity index (χ0v) is 20.2. The molecule has 1 aromatic rings. The van der Waals surface area contributed by atoms with Gasteiger partial charge in [0, 0.05) is 32.5 Å². The molecule has 0 aromatic heterocycles. The quantitative estimate of drug-likeness (QED) is 0.385. The Balaban J connectivity index is 3.06. The van der Waals surface area contributed by atoms with Gasteiger partial charge >= 0.3 is 0 Å². The molecular formula is C24H42O5. The summed E-state index contributed by atoms with van der Waals surface area (Å²) in [7, 11) is 5.02. The first kappa shape index (κ1) is 25.9. The van der Waals surface area contributed by atoms with E-state index in [1.54, 1.807) is 21.3 Å². The molecule has 0 aliphatic rings. The largest absolute Gasteiger partial charge is 0.467 e. The molecule has 0 N–H and O–H groups in total.